The van der Waals surface area contributed by atoms with E-state index < -0.39 is 11.9 Å². The van der Waals surface area contributed by atoms with E-state index in [9.17, 15) is 9.59 Å². The van der Waals surface area contributed by atoms with Crippen molar-refractivity contribution in [2.75, 3.05) is 19.8 Å². The van der Waals surface area contributed by atoms with Crippen LogP contribution in [0.25, 0.3) is 0 Å². The molecule has 0 aliphatic heterocycles. The maximum absolute atomic E-state index is 11.1. The lowest BCUT2D eigenvalue weighted by molar-refractivity contribution is -0.156. The summed E-state index contributed by atoms with van der Waals surface area (Å²) in [5.41, 5.74) is 0. The van der Waals surface area contributed by atoms with E-state index in [0.717, 1.165) is 12.2 Å². The van der Waals surface area contributed by atoms with Crippen molar-refractivity contribution in [3.8, 4) is 0 Å². The van der Waals surface area contributed by atoms with Gasteiger partial charge < -0.3 is 9.64 Å². The van der Waals surface area contributed by atoms with Gasteiger partial charge >= 0.3 is 11.9 Å². The van der Waals surface area contributed by atoms with Crippen LogP contribution in [0.4, 0.5) is 0 Å². The highest BCUT2D eigenvalue weighted by atomic mass is 28.3. The molecule has 0 rings (SSSR count). The van der Waals surface area contributed by atoms with Gasteiger partial charge in [0.15, 0.2) is 0 Å². The van der Waals surface area contributed by atoms with Crippen molar-refractivity contribution in [2.24, 2.45) is 0 Å². The van der Waals surface area contributed by atoms with Gasteiger partial charge in [-0.25, -0.2) is 4.79 Å². The first-order valence-corrected chi connectivity index (χ1v) is 7.51. The molecule has 5 heteroatoms. The molecule has 0 aromatic heterocycles. The molecule has 0 heterocycles. The Morgan fingerprint density at radius 3 is 2.53 bits per heavy atom. The van der Waals surface area contributed by atoms with Crippen molar-refractivity contribution in [1.82, 2.24) is 4.90 Å². The Bertz CT molecular complexity index is 241. The fourth-order valence-corrected chi connectivity index (χ4v) is 2.34. The minimum atomic E-state index is -0.682. The lowest BCUT2D eigenvalue weighted by Crippen LogP contribution is -2.30. The predicted octanol–water partition coefficient (Wildman–Crippen LogP) is 0.858. The van der Waals surface area contributed by atoms with Crippen molar-refractivity contribution in [1.29, 1.82) is 0 Å². The summed E-state index contributed by atoms with van der Waals surface area (Å²) in [6.07, 6.45) is 2.25. The zero-order valence-electron chi connectivity index (χ0n) is 9.58. The average molecular weight is 228 g/mol. The third kappa shape index (κ3) is 8.08. The molecule has 0 aliphatic carbocycles. The SMILES string of the molecule is C=CC(=O)OC(=O)CCN(C)C[Si](C)C. The summed E-state index contributed by atoms with van der Waals surface area (Å²) in [6, 6.07) is 0. The molecule has 0 amide bonds. The quantitative estimate of drug-likeness (QED) is 0.293. The van der Waals surface area contributed by atoms with Gasteiger partial charge in [0.1, 0.15) is 0 Å². The Kier molecular flexibility index (Phi) is 6.90. The molecular formula is C10H18NO3Si. The Hall–Kier alpha value is -0.943. The Morgan fingerprint density at radius 2 is 2.07 bits per heavy atom. The minimum Gasteiger partial charge on any atom is -0.390 e. The highest BCUT2D eigenvalue weighted by Crippen LogP contribution is 1.93. The molecule has 0 saturated carbocycles. The number of carbonyl (C=O) groups excluding carboxylic acids is 2. The number of rotatable bonds is 6. The Morgan fingerprint density at radius 1 is 1.47 bits per heavy atom. The molecule has 0 atom stereocenters. The molecule has 4 nitrogen and oxygen atoms in total. The fourth-order valence-electron chi connectivity index (χ4n) is 1.11. The van der Waals surface area contributed by atoms with Gasteiger partial charge in [0.25, 0.3) is 0 Å². The molecule has 85 valence electrons. The molecule has 0 aromatic rings. The summed E-state index contributed by atoms with van der Waals surface area (Å²) in [6.45, 7) is 8.26. The van der Waals surface area contributed by atoms with Crippen LogP contribution >= 0.6 is 0 Å². The van der Waals surface area contributed by atoms with Crippen molar-refractivity contribution < 1.29 is 14.3 Å². The van der Waals surface area contributed by atoms with Gasteiger partial charge in [0, 0.05) is 12.6 Å². The van der Waals surface area contributed by atoms with Crippen LogP contribution in [0.5, 0.6) is 0 Å². The number of hydrogen-bond donors (Lipinski definition) is 0. The van der Waals surface area contributed by atoms with E-state index in [1.54, 1.807) is 0 Å². The smallest absolute Gasteiger partial charge is 0.337 e. The van der Waals surface area contributed by atoms with Crippen molar-refractivity contribution in [2.45, 2.75) is 19.5 Å². The molecule has 15 heavy (non-hydrogen) atoms. The van der Waals surface area contributed by atoms with E-state index in [4.69, 9.17) is 0 Å². The number of ether oxygens (including phenoxy) is 1. The summed E-state index contributed by atoms with van der Waals surface area (Å²) in [5.74, 6) is -1.17. The molecule has 0 bridgehead atoms. The van der Waals surface area contributed by atoms with Crippen molar-refractivity contribution >= 4 is 20.7 Å². The van der Waals surface area contributed by atoms with Crippen LogP contribution in [-0.2, 0) is 14.3 Å². The molecule has 0 unspecified atom stereocenters. The second-order valence-electron chi connectivity index (χ2n) is 3.69. The van der Waals surface area contributed by atoms with E-state index in [0.29, 0.717) is 6.54 Å². The summed E-state index contributed by atoms with van der Waals surface area (Å²) in [4.78, 5) is 23.8. The first-order chi connectivity index (χ1) is 6.95. The highest BCUT2D eigenvalue weighted by Gasteiger charge is 2.09. The number of nitrogens with zero attached hydrogens (tertiary/aromatic N) is 1. The van der Waals surface area contributed by atoms with Gasteiger partial charge in [0.2, 0.25) is 0 Å². The summed E-state index contributed by atoms with van der Waals surface area (Å²) < 4.78 is 4.44. The number of esters is 2. The lowest BCUT2D eigenvalue weighted by Gasteiger charge is -2.17. The summed E-state index contributed by atoms with van der Waals surface area (Å²) in [5, 5.41) is 0. The van der Waals surface area contributed by atoms with E-state index in [1.807, 2.05) is 7.05 Å². The lowest BCUT2D eigenvalue weighted by atomic mass is 10.4. The van der Waals surface area contributed by atoms with Gasteiger partial charge in [-0.05, 0) is 13.2 Å². The van der Waals surface area contributed by atoms with Gasteiger partial charge in [-0.15, -0.1) is 0 Å². The molecule has 0 spiro atoms. The van der Waals surface area contributed by atoms with Crippen molar-refractivity contribution in [3.63, 3.8) is 0 Å². The molecule has 0 fully saturated rings. The second kappa shape index (κ2) is 7.36. The topological polar surface area (TPSA) is 46.6 Å². The van der Waals surface area contributed by atoms with Crippen LogP contribution in [0.15, 0.2) is 12.7 Å². The van der Waals surface area contributed by atoms with Crippen molar-refractivity contribution in [3.05, 3.63) is 12.7 Å². The summed E-state index contributed by atoms with van der Waals surface area (Å²) in [7, 11) is 1.64. The van der Waals surface area contributed by atoms with Crippen LogP contribution in [0.2, 0.25) is 13.1 Å². The zero-order chi connectivity index (χ0) is 11.8. The van der Waals surface area contributed by atoms with Gasteiger partial charge in [-0.3, -0.25) is 4.79 Å². The molecule has 0 aromatic carbocycles. The standard InChI is InChI=1S/C10H18NO3Si/c1-5-9(12)14-10(13)6-7-11(2)8-15(3)4/h5H,1,6-8H2,2-4H3. The van der Waals surface area contributed by atoms with Crippen LogP contribution in [0.3, 0.4) is 0 Å². The highest BCUT2D eigenvalue weighted by molar-refractivity contribution is 6.55. The van der Waals surface area contributed by atoms with Gasteiger partial charge in [-0.2, -0.15) is 0 Å². The van der Waals surface area contributed by atoms with E-state index in [2.05, 4.69) is 29.3 Å². The third-order valence-corrected chi connectivity index (χ3v) is 2.84. The van der Waals surface area contributed by atoms with Gasteiger partial charge in [-0.1, -0.05) is 19.7 Å². The van der Waals surface area contributed by atoms with E-state index >= 15 is 0 Å². The van der Waals surface area contributed by atoms with Crippen LogP contribution in [0.1, 0.15) is 6.42 Å². The van der Waals surface area contributed by atoms with Crippen LogP contribution < -0.4 is 0 Å². The first kappa shape index (κ1) is 14.1. The molecule has 1 radical (unpaired) electrons. The Balaban J connectivity index is 3.70. The Labute approximate surface area is 92.5 Å². The largest absolute Gasteiger partial charge is 0.390 e. The molecule has 0 N–H and O–H groups in total. The third-order valence-electron chi connectivity index (χ3n) is 1.66. The molecular weight excluding hydrogens is 210 g/mol. The molecule has 0 saturated heterocycles. The monoisotopic (exact) mass is 228 g/mol. The summed E-state index contributed by atoms with van der Waals surface area (Å²) >= 11 is 0. The number of carbonyl (C=O) groups is 2. The zero-order valence-corrected chi connectivity index (χ0v) is 10.6. The van der Waals surface area contributed by atoms with E-state index in [-0.39, 0.29) is 15.2 Å². The van der Waals surface area contributed by atoms with Gasteiger partial charge in [0.05, 0.1) is 15.2 Å². The average Bonchev–Trinajstić information content (AvgIpc) is 2.13. The minimum absolute atomic E-state index is 0.241. The predicted molar refractivity (Wildman–Crippen MR) is 60.9 cm³/mol. The first-order valence-electron chi connectivity index (χ1n) is 4.80. The van der Waals surface area contributed by atoms with Crippen LogP contribution in [0, 0.1) is 0 Å². The normalized spacial score (nSPS) is 10.5. The number of hydrogen-bond acceptors (Lipinski definition) is 4. The molecule has 0 aliphatic rings. The fraction of sp³-hybridized carbons (Fsp3) is 0.600. The maximum Gasteiger partial charge on any atom is 0.337 e. The van der Waals surface area contributed by atoms with Crippen LogP contribution in [-0.4, -0.2) is 45.4 Å². The maximum atomic E-state index is 11.1. The second-order valence-corrected chi connectivity index (χ2v) is 6.42. The van der Waals surface area contributed by atoms with E-state index in [1.165, 1.54) is 0 Å².